The molecule has 2 aliphatic rings. The van der Waals surface area contributed by atoms with Gasteiger partial charge in [-0.2, -0.15) is 0 Å². The summed E-state index contributed by atoms with van der Waals surface area (Å²) >= 11 is 1.59. The van der Waals surface area contributed by atoms with E-state index in [0.29, 0.717) is 17.9 Å². The van der Waals surface area contributed by atoms with Crippen LogP contribution in [-0.2, 0) is 9.53 Å². The maximum absolute atomic E-state index is 11.4. The van der Waals surface area contributed by atoms with Crippen LogP contribution in [0.3, 0.4) is 0 Å². The molecule has 4 nitrogen and oxygen atoms in total. The van der Waals surface area contributed by atoms with E-state index < -0.39 is 0 Å². The van der Waals surface area contributed by atoms with Gasteiger partial charge in [0.2, 0.25) is 5.91 Å². The molecule has 1 heterocycles. The van der Waals surface area contributed by atoms with Crippen molar-refractivity contribution in [3.8, 4) is 0 Å². The number of carbonyl (C=O) groups is 1. The first-order valence-corrected chi connectivity index (χ1v) is 7.68. The SMILES string of the molecule is CCOC1CC(Nc2ccc3c(c2)NC(=O)CS3)C1. The number of nitrogens with one attached hydrogen (secondary N) is 2. The highest BCUT2D eigenvalue weighted by Gasteiger charge is 2.29. The van der Waals surface area contributed by atoms with Gasteiger partial charge in [-0.1, -0.05) is 0 Å². The molecule has 1 aromatic rings. The molecule has 0 aromatic heterocycles. The molecule has 3 rings (SSSR count). The smallest absolute Gasteiger partial charge is 0.234 e. The van der Waals surface area contributed by atoms with Crippen molar-refractivity contribution >= 4 is 29.0 Å². The number of hydrogen-bond acceptors (Lipinski definition) is 4. The fourth-order valence-corrected chi connectivity index (χ4v) is 3.25. The zero-order valence-corrected chi connectivity index (χ0v) is 11.8. The molecule has 0 unspecified atom stereocenters. The minimum Gasteiger partial charge on any atom is -0.382 e. The van der Waals surface area contributed by atoms with Crippen LogP contribution in [0.4, 0.5) is 11.4 Å². The average Bonchev–Trinajstić information content (AvgIpc) is 2.36. The molecule has 1 aliphatic carbocycles. The van der Waals surface area contributed by atoms with Gasteiger partial charge in [-0.05, 0) is 38.0 Å². The molecule has 1 amide bonds. The van der Waals surface area contributed by atoms with Crippen molar-refractivity contribution in [1.82, 2.24) is 0 Å². The highest BCUT2D eigenvalue weighted by Crippen LogP contribution is 2.34. The molecule has 1 aromatic carbocycles. The lowest BCUT2D eigenvalue weighted by Crippen LogP contribution is -2.40. The van der Waals surface area contributed by atoms with Gasteiger partial charge in [0.05, 0.1) is 17.5 Å². The van der Waals surface area contributed by atoms with Crippen LogP contribution in [0.25, 0.3) is 0 Å². The third kappa shape index (κ3) is 2.87. The third-order valence-electron chi connectivity index (χ3n) is 3.48. The largest absolute Gasteiger partial charge is 0.382 e. The van der Waals surface area contributed by atoms with Crippen molar-refractivity contribution in [3.05, 3.63) is 18.2 Å². The monoisotopic (exact) mass is 278 g/mol. The summed E-state index contributed by atoms with van der Waals surface area (Å²) in [6.07, 6.45) is 2.54. The van der Waals surface area contributed by atoms with Gasteiger partial charge in [-0.25, -0.2) is 0 Å². The third-order valence-corrected chi connectivity index (χ3v) is 4.55. The second-order valence-electron chi connectivity index (χ2n) is 4.94. The van der Waals surface area contributed by atoms with Gasteiger partial charge in [0.15, 0.2) is 0 Å². The summed E-state index contributed by atoms with van der Waals surface area (Å²) in [6.45, 7) is 2.82. The summed E-state index contributed by atoms with van der Waals surface area (Å²) in [5.74, 6) is 0.591. The Balaban J connectivity index is 1.60. The van der Waals surface area contributed by atoms with E-state index in [1.165, 1.54) is 0 Å². The van der Waals surface area contributed by atoms with Gasteiger partial charge in [0.1, 0.15) is 0 Å². The molecule has 0 bridgehead atoms. The number of benzene rings is 1. The van der Waals surface area contributed by atoms with Gasteiger partial charge in [0.25, 0.3) is 0 Å². The lowest BCUT2D eigenvalue weighted by molar-refractivity contribution is -0.113. The van der Waals surface area contributed by atoms with Crippen LogP contribution >= 0.6 is 11.8 Å². The summed E-state index contributed by atoms with van der Waals surface area (Å²) in [7, 11) is 0. The zero-order chi connectivity index (χ0) is 13.2. The molecule has 19 heavy (non-hydrogen) atoms. The second kappa shape index (κ2) is 5.43. The topological polar surface area (TPSA) is 50.4 Å². The molecule has 1 aliphatic heterocycles. The number of amides is 1. The van der Waals surface area contributed by atoms with Crippen molar-refractivity contribution in [2.24, 2.45) is 0 Å². The van der Waals surface area contributed by atoms with Crippen LogP contribution in [0.15, 0.2) is 23.1 Å². The minimum atomic E-state index is 0.0784. The van der Waals surface area contributed by atoms with Crippen LogP contribution in [0.2, 0.25) is 0 Å². The van der Waals surface area contributed by atoms with Crippen LogP contribution in [0.5, 0.6) is 0 Å². The molecule has 0 radical (unpaired) electrons. The highest BCUT2D eigenvalue weighted by molar-refractivity contribution is 8.00. The first-order chi connectivity index (χ1) is 9.24. The maximum Gasteiger partial charge on any atom is 0.234 e. The molecule has 5 heteroatoms. The van der Waals surface area contributed by atoms with E-state index in [4.69, 9.17) is 4.74 Å². The Hall–Kier alpha value is -1.20. The molecular weight excluding hydrogens is 260 g/mol. The predicted octanol–water partition coefficient (Wildman–Crippen LogP) is 2.71. The number of thioether (sulfide) groups is 1. The lowest BCUT2D eigenvalue weighted by atomic mass is 9.89. The van der Waals surface area contributed by atoms with E-state index in [1.54, 1.807) is 11.8 Å². The normalized spacial score (nSPS) is 25.2. The first-order valence-electron chi connectivity index (χ1n) is 6.69. The number of rotatable bonds is 4. The van der Waals surface area contributed by atoms with Gasteiger partial charge >= 0.3 is 0 Å². The molecule has 0 saturated heterocycles. The molecule has 2 N–H and O–H groups in total. The summed E-state index contributed by atoms with van der Waals surface area (Å²) < 4.78 is 5.55. The highest BCUT2D eigenvalue weighted by atomic mass is 32.2. The number of anilines is 2. The quantitative estimate of drug-likeness (QED) is 0.889. The Labute approximate surface area is 117 Å². The first kappa shape index (κ1) is 12.8. The minimum absolute atomic E-state index is 0.0784. The molecule has 0 spiro atoms. The molecule has 1 saturated carbocycles. The second-order valence-corrected chi connectivity index (χ2v) is 5.95. The van der Waals surface area contributed by atoms with E-state index >= 15 is 0 Å². The predicted molar refractivity (Wildman–Crippen MR) is 77.9 cm³/mol. The van der Waals surface area contributed by atoms with E-state index in [-0.39, 0.29) is 5.91 Å². The van der Waals surface area contributed by atoms with Gasteiger partial charge in [-0.15, -0.1) is 11.8 Å². The van der Waals surface area contributed by atoms with E-state index in [1.807, 2.05) is 13.0 Å². The molecule has 102 valence electrons. The van der Waals surface area contributed by atoms with Crippen LogP contribution < -0.4 is 10.6 Å². The summed E-state index contributed by atoms with van der Waals surface area (Å²) in [5.41, 5.74) is 1.99. The fourth-order valence-electron chi connectivity index (χ4n) is 2.46. The van der Waals surface area contributed by atoms with Crippen LogP contribution in [0.1, 0.15) is 19.8 Å². The Morgan fingerprint density at radius 3 is 3.11 bits per heavy atom. The van der Waals surface area contributed by atoms with E-state index in [2.05, 4.69) is 22.8 Å². The Morgan fingerprint density at radius 2 is 2.32 bits per heavy atom. The van der Waals surface area contributed by atoms with E-state index in [9.17, 15) is 4.79 Å². The number of fused-ring (bicyclic) bond motifs is 1. The molecule has 0 atom stereocenters. The van der Waals surface area contributed by atoms with Crippen molar-refractivity contribution in [1.29, 1.82) is 0 Å². The average molecular weight is 278 g/mol. The maximum atomic E-state index is 11.4. The van der Waals surface area contributed by atoms with Gasteiger partial charge in [0, 0.05) is 23.2 Å². The summed E-state index contributed by atoms with van der Waals surface area (Å²) in [6, 6.07) is 6.66. The van der Waals surface area contributed by atoms with Crippen molar-refractivity contribution in [2.45, 2.75) is 36.8 Å². The lowest BCUT2D eigenvalue weighted by Gasteiger charge is -2.36. The van der Waals surface area contributed by atoms with Gasteiger partial charge < -0.3 is 15.4 Å². The van der Waals surface area contributed by atoms with Crippen molar-refractivity contribution < 1.29 is 9.53 Å². The Kier molecular flexibility index (Phi) is 3.66. The van der Waals surface area contributed by atoms with Crippen molar-refractivity contribution in [3.63, 3.8) is 0 Å². The number of carbonyl (C=O) groups excluding carboxylic acids is 1. The molecule has 1 fully saturated rings. The summed E-state index contributed by atoms with van der Waals surface area (Å²) in [4.78, 5) is 12.5. The Bertz CT molecular complexity index is 486. The summed E-state index contributed by atoms with van der Waals surface area (Å²) in [5, 5.41) is 6.41. The standard InChI is InChI=1S/C14H18N2O2S/c1-2-18-11-5-10(6-11)15-9-3-4-13-12(7-9)16-14(17)8-19-13/h3-4,7,10-11,15H,2,5-6,8H2,1H3,(H,16,17). The van der Waals surface area contributed by atoms with Crippen LogP contribution in [-0.4, -0.2) is 30.4 Å². The van der Waals surface area contributed by atoms with Gasteiger partial charge in [-0.3, -0.25) is 4.79 Å². The zero-order valence-electron chi connectivity index (χ0n) is 10.9. The Morgan fingerprint density at radius 1 is 1.47 bits per heavy atom. The van der Waals surface area contributed by atoms with Crippen LogP contribution in [0, 0.1) is 0 Å². The molecular formula is C14H18N2O2S. The fraction of sp³-hybridized carbons (Fsp3) is 0.500. The van der Waals surface area contributed by atoms with Crippen molar-refractivity contribution in [2.75, 3.05) is 23.0 Å². The number of ether oxygens (including phenoxy) is 1. The van der Waals surface area contributed by atoms with E-state index in [0.717, 1.165) is 35.7 Å². The number of hydrogen-bond donors (Lipinski definition) is 2.